The molecular weight excluding hydrogens is 299 g/mol. The molecule has 7 heteroatoms. The molecule has 0 amide bonds. The van der Waals surface area contributed by atoms with Gasteiger partial charge in [0.1, 0.15) is 5.75 Å². The van der Waals surface area contributed by atoms with Crippen LogP contribution in [-0.4, -0.2) is 18.2 Å². The number of phenols is 1. The van der Waals surface area contributed by atoms with E-state index in [1.165, 1.54) is 37.4 Å². The molecule has 0 atom stereocenters. The highest BCUT2D eigenvalue weighted by atomic mass is 19.4. The number of hydrogen-bond donors (Lipinski definition) is 2. The third-order valence-corrected chi connectivity index (χ3v) is 2.89. The number of aromatic hydroxyl groups is 1. The summed E-state index contributed by atoms with van der Waals surface area (Å²) in [6.45, 7) is 0. The minimum atomic E-state index is -4.46. The molecule has 22 heavy (non-hydrogen) atoms. The summed E-state index contributed by atoms with van der Waals surface area (Å²) in [5, 5.41) is 12.4. The molecule has 4 nitrogen and oxygen atoms in total. The van der Waals surface area contributed by atoms with Crippen LogP contribution in [-0.2, 0) is 10.9 Å². The lowest BCUT2D eigenvalue weighted by Gasteiger charge is -2.12. The highest BCUT2D eigenvalue weighted by molar-refractivity contribution is 5.91. The van der Waals surface area contributed by atoms with E-state index in [1.807, 2.05) is 0 Å². The molecule has 0 aliphatic heterocycles. The smallest absolute Gasteiger partial charge is 0.416 e. The molecule has 0 saturated heterocycles. The van der Waals surface area contributed by atoms with Gasteiger partial charge in [0.2, 0.25) is 0 Å². The van der Waals surface area contributed by atoms with Crippen molar-refractivity contribution in [1.82, 2.24) is 0 Å². The molecule has 2 aromatic carbocycles. The van der Waals surface area contributed by atoms with Crippen LogP contribution in [0.15, 0.2) is 42.5 Å². The van der Waals surface area contributed by atoms with Gasteiger partial charge in [0.25, 0.3) is 0 Å². The van der Waals surface area contributed by atoms with Gasteiger partial charge in [0.05, 0.1) is 23.9 Å². The van der Waals surface area contributed by atoms with Crippen molar-refractivity contribution in [3.63, 3.8) is 0 Å². The molecule has 0 heterocycles. The zero-order chi connectivity index (χ0) is 16.3. The zero-order valence-electron chi connectivity index (χ0n) is 11.4. The van der Waals surface area contributed by atoms with Gasteiger partial charge >= 0.3 is 12.1 Å². The number of benzene rings is 2. The van der Waals surface area contributed by atoms with Crippen LogP contribution in [0.25, 0.3) is 0 Å². The molecule has 2 aromatic rings. The predicted molar refractivity (Wildman–Crippen MR) is 74.2 cm³/mol. The summed E-state index contributed by atoms with van der Waals surface area (Å²) in [7, 11) is 1.20. The van der Waals surface area contributed by atoms with Crippen molar-refractivity contribution < 1.29 is 27.8 Å². The van der Waals surface area contributed by atoms with Crippen molar-refractivity contribution >= 4 is 17.3 Å². The van der Waals surface area contributed by atoms with Crippen molar-refractivity contribution in [3.8, 4) is 5.75 Å². The first kappa shape index (κ1) is 15.7. The summed E-state index contributed by atoms with van der Waals surface area (Å²) in [6, 6.07) is 8.40. The first-order valence-electron chi connectivity index (χ1n) is 6.17. The molecule has 116 valence electrons. The average Bonchev–Trinajstić information content (AvgIpc) is 2.48. The van der Waals surface area contributed by atoms with Crippen molar-refractivity contribution in [1.29, 1.82) is 0 Å². The van der Waals surface area contributed by atoms with Crippen molar-refractivity contribution in [2.45, 2.75) is 6.18 Å². The summed E-state index contributed by atoms with van der Waals surface area (Å²) < 4.78 is 42.5. The molecule has 0 spiro atoms. The van der Waals surface area contributed by atoms with Gasteiger partial charge in [-0.25, -0.2) is 4.79 Å². The van der Waals surface area contributed by atoms with Crippen molar-refractivity contribution in [2.24, 2.45) is 0 Å². The number of carbonyl (C=O) groups excluding carboxylic acids is 1. The van der Waals surface area contributed by atoms with E-state index in [1.54, 1.807) is 0 Å². The second-order valence-corrected chi connectivity index (χ2v) is 4.43. The quantitative estimate of drug-likeness (QED) is 0.666. The van der Waals surface area contributed by atoms with Gasteiger partial charge in [-0.05, 0) is 36.4 Å². The fourth-order valence-corrected chi connectivity index (χ4v) is 1.81. The summed E-state index contributed by atoms with van der Waals surface area (Å²) in [5.74, 6) is -0.822. The van der Waals surface area contributed by atoms with Crippen molar-refractivity contribution in [3.05, 3.63) is 53.6 Å². The van der Waals surface area contributed by atoms with Gasteiger partial charge in [-0.3, -0.25) is 0 Å². The average molecular weight is 311 g/mol. The Hall–Kier alpha value is -2.70. The molecule has 0 aromatic heterocycles. The van der Waals surface area contributed by atoms with Gasteiger partial charge in [-0.1, -0.05) is 6.07 Å². The monoisotopic (exact) mass is 311 g/mol. The van der Waals surface area contributed by atoms with Gasteiger partial charge in [-0.15, -0.1) is 0 Å². The zero-order valence-corrected chi connectivity index (χ0v) is 11.4. The molecule has 0 unspecified atom stereocenters. The number of halogens is 3. The van der Waals surface area contributed by atoms with Gasteiger partial charge < -0.3 is 15.2 Å². The lowest BCUT2D eigenvalue weighted by atomic mass is 10.1. The Labute approximate surface area is 124 Å². The molecule has 0 saturated carbocycles. The van der Waals surface area contributed by atoms with E-state index < -0.39 is 17.7 Å². The summed E-state index contributed by atoms with van der Waals surface area (Å²) in [6.07, 6.45) is -4.46. The normalized spacial score (nSPS) is 11.1. The van der Waals surface area contributed by atoms with E-state index in [0.29, 0.717) is 0 Å². The summed E-state index contributed by atoms with van der Waals surface area (Å²) in [4.78, 5) is 11.4. The molecule has 0 aliphatic rings. The molecule has 2 rings (SSSR count). The maximum Gasteiger partial charge on any atom is 0.416 e. The number of ether oxygens (including phenoxy) is 1. The van der Waals surface area contributed by atoms with Crippen LogP contribution in [0, 0.1) is 0 Å². The third-order valence-electron chi connectivity index (χ3n) is 2.89. The Bertz CT molecular complexity index is 699. The standard InChI is InChI=1S/C15H12F3NO3/c1-22-14(21)9-5-6-13(20)12(7-9)19-11-4-2-3-10(8-11)15(16,17)18/h2-8,19-20H,1H3. The maximum absolute atomic E-state index is 12.7. The van der Waals surface area contributed by atoms with Crippen LogP contribution in [0.2, 0.25) is 0 Å². The SMILES string of the molecule is COC(=O)c1ccc(O)c(Nc2cccc(C(F)(F)F)c2)c1. The van der Waals surface area contributed by atoms with E-state index in [4.69, 9.17) is 0 Å². The van der Waals surface area contributed by atoms with Crippen LogP contribution in [0.4, 0.5) is 24.5 Å². The van der Waals surface area contributed by atoms with Crippen LogP contribution >= 0.6 is 0 Å². The number of methoxy groups -OCH3 is 1. The number of rotatable bonds is 3. The molecule has 0 bridgehead atoms. The van der Waals surface area contributed by atoms with E-state index in [2.05, 4.69) is 10.1 Å². The fraction of sp³-hybridized carbons (Fsp3) is 0.133. The summed E-state index contributed by atoms with van der Waals surface area (Å²) >= 11 is 0. The number of hydrogen-bond acceptors (Lipinski definition) is 4. The minimum absolute atomic E-state index is 0.0993. The first-order valence-corrected chi connectivity index (χ1v) is 6.17. The third kappa shape index (κ3) is 3.49. The van der Waals surface area contributed by atoms with Crippen molar-refractivity contribution in [2.75, 3.05) is 12.4 Å². The molecule has 2 N–H and O–H groups in total. The van der Waals surface area contributed by atoms with E-state index in [0.717, 1.165) is 12.1 Å². The first-order chi connectivity index (χ1) is 10.3. The topological polar surface area (TPSA) is 58.6 Å². The van der Waals surface area contributed by atoms with Gasteiger partial charge in [0.15, 0.2) is 0 Å². The predicted octanol–water partition coefficient (Wildman–Crippen LogP) is 3.94. The van der Waals surface area contributed by atoms with Gasteiger partial charge in [-0.2, -0.15) is 13.2 Å². The second kappa shape index (κ2) is 5.97. The maximum atomic E-state index is 12.7. The Kier molecular flexibility index (Phi) is 4.25. The lowest BCUT2D eigenvalue weighted by Crippen LogP contribution is -2.05. The second-order valence-electron chi connectivity index (χ2n) is 4.43. The highest BCUT2D eigenvalue weighted by Gasteiger charge is 2.30. The van der Waals surface area contributed by atoms with Crippen LogP contribution in [0.5, 0.6) is 5.75 Å². The van der Waals surface area contributed by atoms with E-state index >= 15 is 0 Å². The number of nitrogens with one attached hydrogen (secondary N) is 1. The Morgan fingerprint density at radius 3 is 2.55 bits per heavy atom. The van der Waals surface area contributed by atoms with E-state index in [9.17, 15) is 23.1 Å². The number of phenolic OH excluding ortho intramolecular Hbond substituents is 1. The number of carbonyl (C=O) groups is 1. The van der Waals surface area contributed by atoms with E-state index in [-0.39, 0.29) is 22.7 Å². The van der Waals surface area contributed by atoms with Crippen LogP contribution in [0.1, 0.15) is 15.9 Å². The van der Waals surface area contributed by atoms with Crippen LogP contribution < -0.4 is 5.32 Å². The fourth-order valence-electron chi connectivity index (χ4n) is 1.81. The Morgan fingerprint density at radius 2 is 1.91 bits per heavy atom. The Balaban J connectivity index is 2.33. The number of esters is 1. The minimum Gasteiger partial charge on any atom is -0.506 e. The number of alkyl halides is 3. The molecular formula is C15H12F3NO3. The Morgan fingerprint density at radius 1 is 1.18 bits per heavy atom. The number of anilines is 2. The lowest BCUT2D eigenvalue weighted by molar-refractivity contribution is -0.137. The molecule has 0 fully saturated rings. The summed E-state index contributed by atoms with van der Waals surface area (Å²) in [5.41, 5.74) is -0.426. The molecule has 0 radical (unpaired) electrons. The highest BCUT2D eigenvalue weighted by Crippen LogP contribution is 2.33. The largest absolute Gasteiger partial charge is 0.506 e. The van der Waals surface area contributed by atoms with Gasteiger partial charge in [0, 0.05) is 5.69 Å². The molecule has 0 aliphatic carbocycles. The van der Waals surface area contributed by atoms with Crippen LogP contribution in [0.3, 0.4) is 0 Å².